The predicted molar refractivity (Wildman–Crippen MR) is 121 cm³/mol. The molecule has 1 aromatic heterocycles. The molecule has 32 heavy (non-hydrogen) atoms. The van der Waals surface area contributed by atoms with Gasteiger partial charge in [0.15, 0.2) is 0 Å². The number of carbonyl (C=O) groups is 1. The Morgan fingerprint density at radius 3 is 2.47 bits per heavy atom. The van der Waals surface area contributed by atoms with E-state index in [0.717, 1.165) is 43.2 Å². The standard InChI is InChI=1S/C23H26N4O4S/c1-16-7-6-8-18(15-16)22-25-26-23(31-22)24-21(28)17-11-13-20(14-12-17)32(29,30)27(2)19-9-4-3-5-10-19/h6-8,11-15,19H,3-5,9-10H2,1-2H3,(H,24,26,28). The van der Waals surface area contributed by atoms with Crippen molar-refractivity contribution in [2.75, 3.05) is 12.4 Å². The molecular weight excluding hydrogens is 428 g/mol. The third-order valence-corrected chi connectivity index (χ3v) is 7.72. The lowest BCUT2D eigenvalue weighted by molar-refractivity contribution is 0.102. The molecule has 1 aliphatic carbocycles. The van der Waals surface area contributed by atoms with Gasteiger partial charge in [0.2, 0.25) is 15.9 Å². The van der Waals surface area contributed by atoms with E-state index in [4.69, 9.17) is 4.42 Å². The monoisotopic (exact) mass is 454 g/mol. The Balaban J connectivity index is 1.44. The van der Waals surface area contributed by atoms with E-state index in [-0.39, 0.29) is 17.0 Å². The largest absolute Gasteiger partial charge is 0.403 e. The lowest BCUT2D eigenvalue weighted by Crippen LogP contribution is -2.38. The summed E-state index contributed by atoms with van der Waals surface area (Å²) in [5.41, 5.74) is 2.10. The number of anilines is 1. The first kappa shape index (κ1) is 22.2. The summed E-state index contributed by atoms with van der Waals surface area (Å²) in [4.78, 5) is 12.7. The van der Waals surface area contributed by atoms with E-state index in [0.29, 0.717) is 11.5 Å². The van der Waals surface area contributed by atoms with Gasteiger partial charge in [-0.3, -0.25) is 10.1 Å². The minimum absolute atomic E-state index is 0.0249. The fraction of sp³-hybridized carbons (Fsp3) is 0.348. The number of amides is 1. The van der Waals surface area contributed by atoms with Gasteiger partial charge in [0.25, 0.3) is 5.91 Å². The average molecular weight is 455 g/mol. The Hall–Kier alpha value is -3.04. The van der Waals surface area contributed by atoms with Gasteiger partial charge in [-0.1, -0.05) is 42.1 Å². The summed E-state index contributed by atoms with van der Waals surface area (Å²) >= 11 is 0. The summed E-state index contributed by atoms with van der Waals surface area (Å²) in [5, 5.41) is 10.4. The molecule has 1 heterocycles. The fourth-order valence-electron chi connectivity index (χ4n) is 3.92. The number of nitrogens with zero attached hydrogens (tertiary/aromatic N) is 3. The minimum Gasteiger partial charge on any atom is -0.403 e. The topological polar surface area (TPSA) is 105 Å². The van der Waals surface area contributed by atoms with Crippen LogP contribution < -0.4 is 5.32 Å². The molecule has 9 heteroatoms. The number of carbonyl (C=O) groups excluding carboxylic acids is 1. The summed E-state index contributed by atoms with van der Waals surface area (Å²) in [6, 6.07) is 13.5. The number of hydrogen-bond acceptors (Lipinski definition) is 6. The number of nitrogens with one attached hydrogen (secondary N) is 1. The highest BCUT2D eigenvalue weighted by Gasteiger charge is 2.29. The molecule has 0 unspecified atom stereocenters. The van der Waals surface area contributed by atoms with Crippen molar-refractivity contribution in [1.29, 1.82) is 0 Å². The second-order valence-corrected chi connectivity index (χ2v) is 10.1. The average Bonchev–Trinajstić information content (AvgIpc) is 3.27. The van der Waals surface area contributed by atoms with Gasteiger partial charge in [0.1, 0.15) is 0 Å². The van der Waals surface area contributed by atoms with Crippen LogP contribution in [0, 0.1) is 6.92 Å². The Bertz CT molecular complexity index is 1200. The lowest BCUT2D eigenvalue weighted by Gasteiger charge is -2.30. The summed E-state index contributed by atoms with van der Waals surface area (Å²) < 4.78 is 32.9. The Morgan fingerprint density at radius 2 is 1.78 bits per heavy atom. The Morgan fingerprint density at radius 1 is 1.06 bits per heavy atom. The van der Waals surface area contributed by atoms with Gasteiger partial charge in [-0.05, 0) is 56.2 Å². The van der Waals surface area contributed by atoms with Crippen LogP contribution in [-0.4, -0.2) is 41.9 Å². The van der Waals surface area contributed by atoms with Gasteiger partial charge in [0, 0.05) is 24.2 Å². The number of aromatic nitrogens is 2. The highest BCUT2D eigenvalue weighted by atomic mass is 32.2. The molecule has 0 aliphatic heterocycles. The molecule has 4 rings (SSSR count). The summed E-state index contributed by atoms with van der Waals surface area (Å²) in [7, 11) is -1.98. The molecule has 0 saturated heterocycles. The molecular formula is C23H26N4O4S. The van der Waals surface area contributed by atoms with E-state index >= 15 is 0 Å². The quantitative estimate of drug-likeness (QED) is 0.597. The van der Waals surface area contributed by atoms with Crippen molar-refractivity contribution >= 4 is 21.9 Å². The zero-order valence-corrected chi connectivity index (χ0v) is 18.9. The molecule has 2 aromatic carbocycles. The zero-order chi connectivity index (χ0) is 22.7. The van der Waals surface area contributed by atoms with Crippen LogP contribution in [0.5, 0.6) is 0 Å². The molecule has 0 radical (unpaired) electrons. The highest BCUT2D eigenvalue weighted by molar-refractivity contribution is 7.89. The van der Waals surface area contributed by atoms with Gasteiger partial charge in [0.05, 0.1) is 4.90 Å². The van der Waals surface area contributed by atoms with Crippen LogP contribution in [0.1, 0.15) is 48.0 Å². The summed E-state index contributed by atoms with van der Waals surface area (Å²) in [5.74, 6) is -0.162. The summed E-state index contributed by atoms with van der Waals surface area (Å²) in [6.45, 7) is 1.96. The molecule has 1 aliphatic rings. The third kappa shape index (κ3) is 4.73. The maximum atomic E-state index is 13.0. The van der Waals surface area contributed by atoms with E-state index in [1.807, 2.05) is 31.2 Å². The van der Waals surface area contributed by atoms with E-state index in [2.05, 4.69) is 15.5 Å². The normalized spacial score (nSPS) is 15.1. The van der Waals surface area contributed by atoms with E-state index in [1.54, 1.807) is 7.05 Å². The van der Waals surface area contributed by atoms with Gasteiger partial charge in [-0.25, -0.2) is 8.42 Å². The van der Waals surface area contributed by atoms with Crippen LogP contribution in [-0.2, 0) is 10.0 Å². The predicted octanol–water partition coefficient (Wildman–Crippen LogP) is 4.25. The van der Waals surface area contributed by atoms with Crippen molar-refractivity contribution in [3.63, 3.8) is 0 Å². The van der Waals surface area contributed by atoms with E-state index in [1.165, 1.54) is 28.6 Å². The first-order valence-corrected chi connectivity index (χ1v) is 12.1. The van der Waals surface area contributed by atoms with E-state index in [9.17, 15) is 13.2 Å². The number of benzene rings is 2. The molecule has 0 bridgehead atoms. The number of aryl methyl sites for hydroxylation is 1. The van der Waals surface area contributed by atoms with E-state index < -0.39 is 15.9 Å². The number of sulfonamides is 1. The fourth-order valence-corrected chi connectivity index (χ4v) is 5.34. The van der Waals surface area contributed by atoms with Gasteiger partial charge >= 0.3 is 6.01 Å². The van der Waals surface area contributed by atoms with Crippen molar-refractivity contribution in [2.45, 2.75) is 50.0 Å². The number of rotatable bonds is 6. The molecule has 0 atom stereocenters. The number of hydrogen-bond donors (Lipinski definition) is 1. The maximum absolute atomic E-state index is 13.0. The summed E-state index contributed by atoms with van der Waals surface area (Å²) in [6.07, 6.45) is 5.01. The van der Waals surface area contributed by atoms with Gasteiger partial charge in [-0.2, -0.15) is 4.31 Å². The molecule has 8 nitrogen and oxygen atoms in total. The smallest absolute Gasteiger partial charge is 0.322 e. The lowest BCUT2D eigenvalue weighted by atomic mass is 9.96. The van der Waals surface area contributed by atoms with Gasteiger partial charge < -0.3 is 4.42 Å². The van der Waals surface area contributed by atoms with Crippen LogP contribution in [0.25, 0.3) is 11.5 Å². The van der Waals surface area contributed by atoms with Crippen LogP contribution >= 0.6 is 0 Å². The van der Waals surface area contributed by atoms with Crippen molar-refractivity contribution in [2.24, 2.45) is 0 Å². The third-order valence-electron chi connectivity index (χ3n) is 5.79. The zero-order valence-electron chi connectivity index (χ0n) is 18.1. The Kier molecular flexibility index (Phi) is 6.38. The van der Waals surface area contributed by atoms with Crippen LogP contribution in [0.3, 0.4) is 0 Å². The maximum Gasteiger partial charge on any atom is 0.322 e. The highest BCUT2D eigenvalue weighted by Crippen LogP contribution is 2.27. The first-order chi connectivity index (χ1) is 15.3. The van der Waals surface area contributed by atoms with Crippen molar-refractivity contribution in [3.05, 3.63) is 59.7 Å². The molecule has 3 aromatic rings. The molecule has 0 spiro atoms. The van der Waals surface area contributed by atoms with Crippen LogP contribution in [0.15, 0.2) is 57.8 Å². The second-order valence-electron chi connectivity index (χ2n) is 8.07. The van der Waals surface area contributed by atoms with Crippen molar-refractivity contribution in [1.82, 2.24) is 14.5 Å². The first-order valence-electron chi connectivity index (χ1n) is 10.6. The van der Waals surface area contributed by atoms with Crippen LogP contribution in [0.4, 0.5) is 6.01 Å². The SMILES string of the molecule is Cc1cccc(-c2nnc(NC(=O)c3ccc(S(=O)(=O)N(C)C4CCCCC4)cc3)o2)c1. The second kappa shape index (κ2) is 9.22. The molecule has 1 N–H and O–H groups in total. The van der Waals surface area contributed by atoms with Crippen LogP contribution in [0.2, 0.25) is 0 Å². The van der Waals surface area contributed by atoms with Gasteiger partial charge in [-0.15, -0.1) is 5.10 Å². The minimum atomic E-state index is -3.61. The Labute approximate surface area is 187 Å². The molecule has 1 fully saturated rings. The molecule has 1 saturated carbocycles. The van der Waals surface area contributed by atoms with Crippen molar-refractivity contribution < 1.29 is 17.6 Å². The molecule has 1 amide bonds. The van der Waals surface area contributed by atoms with Crippen molar-refractivity contribution in [3.8, 4) is 11.5 Å². The molecule has 168 valence electrons.